The van der Waals surface area contributed by atoms with E-state index < -0.39 is 5.41 Å². The van der Waals surface area contributed by atoms with Gasteiger partial charge in [-0.25, -0.2) is 0 Å². The highest BCUT2D eigenvalue weighted by Gasteiger charge is 2.46. The first-order chi connectivity index (χ1) is 9.86. The van der Waals surface area contributed by atoms with Crippen LogP contribution >= 0.6 is 0 Å². The number of carbonyl (C=O) groups excluding carboxylic acids is 2. The summed E-state index contributed by atoms with van der Waals surface area (Å²) in [5.74, 6) is 0.857. The number of hydrogen-bond donors (Lipinski definition) is 0. The molecule has 2 rings (SSSR count). The third kappa shape index (κ3) is 3.02. The topological polar surface area (TPSA) is 37.4 Å². The van der Waals surface area contributed by atoms with Crippen LogP contribution in [0.4, 0.5) is 5.69 Å². The molecule has 0 bridgehead atoms. The van der Waals surface area contributed by atoms with Gasteiger partial charge in [-0.15, -0.1) is 0 Å². The van der Waals surface area contributed by atoms with Crippen molar-refractivity contribution in [2.75, 3.05) is 11.9 Å². The molecule has 114 valence electrons. The zero-order valence-electron chi connectivity index (χ0n) is 13.5. The quantitative estimate of drug-likeness (QED) is 0.800. The lowest BCUT2D eigenvalue weighted by atomic mass is 9.75. The molecule has 3 heteroatoms. The van der Waals surface area contributed by atoms with Crippen LogP contribution in [0.1, 0.15) is 52.0 Å². The number of Topliss-reactive ketones (excluding diaryl/α,β-unsaturated/α-hetero) is 1. The van der Waals surface area contributed by atoms with Gasteiger partial charge in [-0.05, 0) is 44.2 Å². The second kappa shape index (κ2) is 6.00. The van der Waals surface area contributed by atoms with Crippen LogP contribution in [-0.4, -0.2) is 18.7 Å². The number of para-hydroxylation sites is 1. The summed E-state index contributed by atoms with van der Waals surface area (Å²) in [7, 11) is 1.85. The standard InChI is InChI=1S/C18H25NO2/c1-13(8-7-9-14(2)20)12-18(3)15-10-5-6-11-16(15)19(4)17(18)21/h5-6,10-11,13H,7-9,12H2,1-4H3. The van der Waals surface area contributed by atoms with Crippen molar-refractivity contribution in [2.45, 2.75) is 51.9 Å². The smallest absolute Gasteiger partial charge is 0.237 e. The van der Waals surface area contributed by atoms with Crippen molar-refractivity contribution in [3.05, 3.63) is 29.8 Å². The first kappa shape index (κ1) is 15.7. The Kier molecular flexibility index (Phi) is 4.50. The highest BCUT2D eigenvalue weighted by molar-refractivity contribution is 6.07. The molecule has 3 nitrogen and oxygen atoms in total. The number of hydrogen-bond acceptors (Lipinski definition) is 2. The summed E-state index contributed by atoms with van der Waals surface area (Å²) in [6.07, 6.45) is 3.39. The minimum absolute atomic E-state index is 0.183. The molecule has 1 aliphatic rings. The van der Waals surface area contributed by atoms with Gasteiger partial charge in [-0.2, -0.15) is 0 Å². The molecule has 2 atom stereocenters. The van der Waals surface area contributed by atoms with E-state index in [-0.39, 0.29) is 11.7 Å². The van der Waals surface area contributed by atoms with Crippen molar-refractivity contribution in [2.24, 2.45) is 5.92 Å². The average molecular weight is 287 g/mol. The van der Waals surface area contributed by atoms with E-state index in [0.29, 0.717) is 12.3 Å². The van der Waals surface area contributed by atoms with Crippen LogP contribution in [0.5, 0.6) is 0 Å². The van der Waals surface area contributed by atoms with Crippen molar-refractivity contribution in [1.29, 1.82) is 0 Å². The van der Waals surface area contributed by atoms with Crippen molar-refractivity contribution in [3.63, 3.8) is 0 Å². The Labute approximate surface area is 127 Å². The van der Waals surface area contributed by atoms with Gasteiger partial charge < -0.3 is 9.69 Å². The number of amides is 1. The SMILES string of the molecule is CC(=O)CCCC(C)CC1(C)C(=O)N(C)c2ccccc21. The number of anilines is 1. The van der Waals surface area contributed by atoms with Crippen molar-refractivity contribution in [1.82, 2.24) is 0 Å². The minimum atomic E-state index is -0.430. The number of fused-ring (bicyclic) bond motifs is 1. The maximum Gasteiger partial charge on any atom is 0.237 e. The van der Waals surface area contributed by atoms with Gasteiger partial charge in [0.25, 0.3) is 0 Å². The first-order valence-corrected chi connectivity index (χ1v) is 7.73. The van der Waals surface area contributed by atoms with Crippen LogP contribution in [0.2, 0.25) is 0 Å². The molecule has 1 aliphatic heterocycles. The maximum atomic E-state index is 12.7. The van der Waals surface area contributed by atoms with Gasteiger partial charge in [0.2, 0.25) is 5.91 Å². The zero-order valence-corrected chi connectivity index (χ0v) is 13.5. The third-order valence-electron chi connectivity index (χ3n) is 4.62. The molecule has 0 radical (unpaired) electrons. The predicted molar refractivity (Wildman–Crippen MR) is 85.5 cm³/mol. The molecule has 0 fully saturated rings. The van der Waals surface area contributed by atoms with Crippen LogP contribution < -0.4 is 4.90 Å². The van der Waals surface area contributed by atoms with Crippen LogP contribution in [0, 0.1) is 5.92 Å². The summed E-state index contributed by atoms with van der Waals surface area (Å²) >= 11 is 0. The van der Waals surface area contributed by atoms with Gasteiger partial charge in [0.1, 0.15) is 5.78 Å². The van der Waals surface area contributed by atoms with Gasteiger partial charge in [0, 0.05) is 19.2 Å². The highest BCUT2D eigenvalue weighted by Crippen LogP contribution is 2.44. The normalized spacial score (nSPS) is 22.3. The molecular formula is C18H25NO2. The van der Waals surface area contributed by atoms with Crippen molar-refractivity contribution >= 4 is 17.4 Å². The number of nitrogens with zero attached hydrogens (tertiary/aromatic N) is 1. The van der Waals surface area contributed by atoms with Crippen molar-refractivity contribution < 1.29 is 9.59 Å². The van der Waals surface area contributed by atoms with Crippen LogP contribution in [0.25, 0.3) is 0 Å². The molecule has 2 unspecified atom stereocenters. The summed E-state index contributed by atoms with van der Waals surface area (Å²) in [6.45, 7) is 5.87. The van der Waals surface area contributed by atoms with Gasteiger partial charge in [-0.3, -0.25) is 4.79 Å². The monoisotopic (exact) mass is 287 g/mol. The molecule has 1 heterocycles. The summed E-state index contributed by atoms with van der Waals surface area (Å²) < 4.78 is 0. The summed E-state index contributed by atoms with van der Waals surface area (Å²) in [4.78, 5) is 25.5. The lowest BCUT2D eigenvalue weighted by Gasteiger charge is -2.27. The second-order valence-electron chi connectivity index (χ2n) is 6.62. The zero-order chi connectivity index (χ0) is 15.6. The molecule has 1 aromatic rings. The van der Waals surface area contributed by atoms with Crippen molar-refractivity contribution in [3.8, 4) is 0 Å². The molecule has 0 aliphatic carbocycles. The van der Waals surface area contributed by atoms with E-state index in [0.717, 1.165) is 30.5 Å². The molecular weight excluding hydrogens is 262 g/mol. The Morgan fingerprint density at radius 3 is 2.67 bits per heavy atom. The average Bonchev–Trinajstić information content (AvgIpc) is 2.61. The molecule has 1 amide bonds. The molecule has 0 saturated carbocycles. The van der Waals surface area contributed by atoms with Gasteiger partial charge in [-0.1, -0.05) is 31.5 Å². The Morgan fingerprint density at radius 1 is 1.33 bits per heavy atom. The van der Waals surface area contributed by atoms with Gasteiger partial charge >= 0.3 is 0 Å². The molecule has 0 spiro atoms. The van der Waals surface area contributed by atoms with E-state index in [1.54, 1.807) is 11.8 Å². The fourth-order valence-corrected chi connectivity index (χ4v) is 3.52. The highest BCUT2D eigenvalue weighted by atomic mass is 16.2. The molecule has 1 aromatic carbocycles. The number of likely N-dealkylation sites (N-methyl/N-ethyl adjacent to an activating group) is 1. The summed E-state index contributed by atoms with van der Waals surface area (Å²) in [5, 5.41) is 0. The predicted octanol–water partition coefficient (Wildman–Crippen LogP) is 3.71. The van der Waals surface area contributed by atoms with E-state index in [1.807, 2.05) is 25.2 Å². The van der Waals surface area contributed by atoms with Gasteiger partial charge in [0.15, 0.2) is 0 Å². The summed E-state index contributed by atoms with van der Waals surface area (Å²) in [6, 6.07) is 8.06. The van der Waals surface area contributed by atoms with Crippen LogP contribution in [0.3, 0.4) is 0 Å². The minimum Gasteiger partial charge on any atom is -0.314 e. The Balaban J connectivity index is 2.11. The fourth-order valence-electron chi connectivity index (χ4n) is 3.52. The Bertz CT molecular complexity index is 552. The number of ketones is 1. The lowest BCUT2D eigenvalue weighted by molar-refractivity contribution is -0.123. The summed E-state index contributed by atoms with van der Waals surface area (Å²) in [5.41, 5.74) is 1.73. The molecule has 0 N–H and O–H groups in total. The third-order valence-corrected chi connectivity index (χ3v) is 4.62. The molecule has 0 saturated heterocycles. The fraction of sp³-hybridized carbons (Fsp3) is 0.556. The molecule has 0 aromatic heterocycles. The number of rotatable bonds is 6. The number of benzene rings is 1. The lowest BCUT2D eigenvalue weighted by Crippen LogP contribution is -2.37. The van der Waals surface area contributed by atoms with Crippen LogP contribution in [-0.2, 0) is 15.0 Å². The van der Waals surface area contributed by atoms with Crippen LogP contribution in [0.15, 0.2) is 24.3 Å². The maximum absolute atomic E-state index is 12.7. The van der Waals surface area contributed by atoms with E-state index in [9.17, 15) is 9.59 Å². The largest absolute Gasteiger partial charge is 0.314 e. The van der Waals surface area contributed by atoms with Gasteiger partial charge in [0.05, 0.1) is 5.41 Å². The first-order valence-electron chi connectivity index (χ1n) is 7.73. The van der Waals surface area contributed by atoms with E-state index in [2.05, 4.69) is 19.9 Å². The van der Waals surface area contributed by atoms with E-state index >= 15 is 0 Å². The van der Waals surface area contributed by atoms with E-state index in [1.165, 1.54) is 0 Å². The Morgan fingerprint density at radius 2 is 2.00 bits per heavy atom. The number of carbonyl (C=O) groups is 2. The second-order valence-corrected chi connectivity index (χ2v) is 6.62. The van der Waals surface area contributed by atoms with E-state index in [4.69, 9.17) is 0 Å². The molecule has 21 heavy (non-hydrogen) atoms. The Hall–Kier alpha value is -1.64.